The summed E-state index contributed by atoms with van der Waals surface area (Å²) in [5.74, 6) is 1.25. The third kappa shape index (κ3) is 2.65. The number of carbonyl (C=O) groups is 1. The monoisotopic (exact) mass is 337 g/mol. The van der Waals surface area contributed by atoms with Crippen molar-refractivity contribution in [1.82, 2.24) is 20.2 Å². The molecule has 130 valence electrons. The summed E-state index contributed by atoms with van der Waals surface area (Å²) < 4.78 is 1.72. The van der Waals surface area contributed by atoms with Crippen molar-refractivity contribution < 1.29 is 4.79 Å². The first-order valence-electron chi connectivity index (χ1n) is 8.77. The summed E-state index contributed by atoms with van der Waals surface area (Å²) in [5, 5.41) is 15.3. The summed E-state index contributed by atoms with van der Waals surface area (Å²) in [5.41, 5.74) is 4.03. The summed E-state index contributed by atoms with van der Waals surface area (Å²) in [6, 6.07) is 8.18. The molecule has 0 saturated heterocycles. The van der Waals surface area contributed by atoms with E-state index in [1.54, 1.807) is 4.68 Å². The van der Waals surface area contributed by atoms with E-state index in [1.165, 1.54) is 5.56 Å². The van der Waals surface area contributed by atoms with Crippen molar-refractivity contribution >= 4 is 11.7 Å². The third-order valence-electron chi connectivity index (χ3n) is 5.11. The first-order chi connectivity index (χ1) is 11.9. The zero-order valence-electron chi connectivity index (χ0n) is 15.1. The number of benzene rings is 1. The molecule has 6 nitrogen and oxygen atoms in total. The molecular formula is C19H23N5O. The van der Waals surface area contributed by atoms with Gasteiger partial charge in [-0.2, -0.15) is 4.68 Å². The second-order valence-corrected chi connectivity index (χ2v) is 8.13. The number of fused-ring (bicyclic) bond motifs is 1. The lowest BCUT2D eigenvalue weighted by molar-refractivity contribution is -0.118. The SMILES string of the molecule is CC(C)c1ccc([C@@H]2C3=C(CC(C)(C)CC3=O)Nc3nnnn32)cc1. The highest BCUT2D eigenvalue weighted by Gasteiger charge is 2.41. The Kier molecular flexibility index (Phi) is 3.52. The number of hydrogen-bond acceptors (Lipinski definition) is 5. The maximum Gasteiger partial charge on any atom is 0.248 e. The Morgan fingerprint density at radius 1 is 1.20 bits per heavy atom. The van der Waals surface area contributed by atoms with E-state index >= 15 is 0 Å². The summed E-state index contributed by atoms with van der Waals surface area (Å²) in [6.45, 7) is 8.60. The van der Waals surface area contributed by atoms with Gasteiger partial charge in [0.25, 0.3) is 0 Å². The van der Waals surface area contributed by atoms with Crippen molar-refractivity contribution in [3.8, 4) is 0 Å². The van der Waals surface area contributed by atoms with Crippen LogP contribution in [0.5, 0.6) is 0 Å². The molecule has 0 radical (unpaired) electrons. The number of tetrazole rings is 1. The first kappa shape index (κ1) is 16.0. The van der Waals surface area contributed by atoms with Gasteiger partial charge < -0.3 is 5.32 Å². The predicted octanol–water partition coefficient (Wildman–Crippen LogP) is 3.45. The lowest BCUT2D eigenvalue weighted by Crippen LogP contribution is -2.36. The largest absolute Gasteiger partial charge is 0.326 e. The lowest BCUT2D eigenvalue weighted by atomic mass is 9.73. The van der Waals surface area contributed by atoms with Gasteiger partial charge in [0.2, 0.25) is 5.95 Å². The number of nitrogens with zero attached hydrogens (tertiary/aromatic N) is 4. The molecule has 2 heterocycles. The van der Waals surface area contributed by atoms with Crippen LogP contribution < -0.4 is 5.32 Å². The molecule has 1 aliphatic heterocycles. The molecule has 0 spiro atoms. The average Bonchev–Trinajstić information content (AvgIpc) is 2.99. The van der Waals surface area contributed by atoms with Crippen LogP contribution in [-0.4, -0.2) is 26.0 Å². The van der Waals surface area contributed by atoms with Crippen LogP contribution in [-0.2, 0) is 4.79 Å². The first-order valence-corrected chi connectivity index (χ1v) is 8.77. The van der Waals surface area contributed by atoms with Crippen LogP contribution in [0.1, 0.15) is 63.6 Å². The van der Waals surface area contributed by atoms with E-state index in [0.29, 0.717) is 18.3 Å². The maximum atomic E-state index is 13.0. The summed E-state index contributed by atoms with van der Waals surface area (Å²) >= 11 is 0. The molecule has 0 unspecified atom stereocenters. The number of Topliss-reactive ketones (excluding diaryl/α,β-unsaturated/α-hetero) is 1. The number of aromatic nitrogens is 4. The van der Waals surface area contributed by atoms with Gasteiger partial charge >= 0.3 is 0 Å². The van der Waals surface area contributed by atoms with Gasteiger partial charge in [-0.25, -0.2) is 0 Å². The number of nitrogens with one attached hydrogen (secondary N) is 1. The normalized spacial score (nSPS) is 21.8. The molecule has 0 amide bonds. The molecule has 1 atom stereocenters. The minimum atomic E-state index is -0.258. The van der Waals surface area contributed by atoms with Gasteiger partial charge in [-0.1, -0.05) is 57.1 Å². The van der Waals surface area contributed by atoms with Crippen LogP contribution in [0.25, 0.3) is 0 Å². The van der Waals surface area contributed by atoms with Gasteiger partial charge in [0.1, 0.15) is 6.04 Å². The second-order valence-electron chi connectivity index (χ2n) is 8.13. The molecule has 2 aliphatic rings. The molecular weight excluding hydrogens is 314 g/mol. The highest BCUT2D eigenvalue weighted by Crippen LogP contribution is 2.44. The Hall–Kier alpha value is -2.50. The van der Waals surface area contributed by atoms with Crippen LogP contribution in [0.2, 0.25) is 0 Å². The molecule has 1 aliphatic carbocycles. The minimum Gasteiger partial charge on any atom is -0.326 e. The number of hydrogen-bond donors (Lipinski definition) is 1. The van der Waals surface area contributed by atoms with E-state index in [-0.39, 0.29) is 17.2 Å². The molecule has 0 saturated carbocycles. The molecule has 4 rings (SSSR count). The van der Waals surface area contributed by atoms with Gasteiger partial charge in [0, 0.05) is 17.7 Å². The fraction of sp³-hybridized carbons (Fsp3) is 0.474. The fourth-order valence-corrected chi connectivity index (χ4v) is 3.84. The van der Waals surface area contributed by atoms with Crippen LogP contribution in [0.4, 0.5) is 5.95 Å². The van der Waals surface area contributed by atoms with E-state index in [4.69, 9.17) is 0 Å². The van der Waals surface area contributed by atoms with E-state index in [0.717, 1.165) is 23.3 Å². The van der Waals surface area contributed by atoms with Crippen molar-refractivity contribution in [2.45, 2.75) is 52.5 Å². The van der Waals surface area contributed by atoms with Gasteiger partial charge in [0.15, 0.2) is 5.78 Å². The number of carbonyl (C=O) groups excluding carboxylic acids is 1. The quantitative estimate of drug-likeness (QED) is 0.908. The van der Waals surface area contributed by atoms with Crippen molar-refractivity contribution in [2.75, 3.05) is 5.32 Å². The van der Waals surface area contributed by atoms with Crippen molar-refractivity contribution in [2.24, 2.45) is 5.41 Å². The van der Waals surface area contributed by atoms with Gasteiger partial charge in [-0.3, -0.25) is 4.79 Å². The topological polar surface area (TPSA) is 72.7 Å². The Labute approximate surface area is 147 Å². The second kappa shape index (κ2) is 5.51. The Balaban J connectivity index is 1.84. The molecule has 1 aromatic carbocycles. The zero-order valence-corrected chi connectivity index (χ0v) is 15.1. The van der Waals surface area contributed by atoms with Crippen LogP contribution in [0, 0.1) is 5.41 Å². The molecule has 1 aromatic heterocycles. The molecule has 0 fully saturated rings. The van der Waals surface area contributed by atoms with Crippen molar-refractivity contribution in [1.29, 1.82) is 0 Å². The van der Waals surface area contributed by atoms with E-state index < -0.39 is 0 Å². The number of rotatable bonds is 2. The Morgan fingerprint density at radius 3 is 2.60 bits per heavy atom. The smallest absolute Gasteiger partial charge is 0.248 e. The standard InChI is InChI=1S/C19H23N5O/c1-11(2)12-5-7-13(8-6-12)17-16-14(9-19(3,4)10-15(16)25)20-18-21-22-23-24(17)18/h5-8,11,17H,9-10H2,1-4H3,(H,20,21,23)/t17-/m1/s1. The average molecular weight is 337 g/mol. The molecule has 25 heavy (non-hydrogen) atoms. The van der Waals surface area contributed by atoms with Gasteiger partial charge in [-0.15, -0.1) is 0 Å². The maximum absolute atomic E-state index is 13.0. The van der Waals surface area contributed by atoms with E-state index in [1.807, 2.05) is 0 Å². The van der Waals surface area contributed by atoms with Crippen molar-refractivity contribution in [3.05, 3.63) is 46.7 Å². The number of ketones is 1. The number of allylic oxidation sites excluding steroid dienone is 2. The van der Waals surface area contributed by atoms with Crippen molar-refractivity contribution in [3.63, 3.8) is 0 Å². The molecule has 2 aromatic rings. The Bertz CT molecular complexity index is 860. The summed E-state index contributed by atoms with van der Waals surface area (Å²) in [7, 11) is 0. The summed E-state index contributed by atoms with van der Waals surface area (Å²) in [6.07, 6.45) is 1.37. The molecule has 6 heteroatoms. The van der Waals surface area contributed by atoms with Crippen LogP contribution in [0.15, 0.2) is 35.5 Å². The predicted molar refractivity (Wildman–Crippen MR) is 95.2 cm³/mol. The lowest BCUT2D eigenvalue weighted by Gasteiger charge is -2.37. The number of anilines is 1. The zero-order chi connectivity index (χ0) is 17.8. The fourth-order valence-electron chi connectivity index (χ4n) is 3.84. The van der Waals surface area contributed by atoms with Gasteiger partial charge in [0.05, 0.1) is 0 Å². The van der Waals surface area contributed by atoms with E-state index in [2.05, 4.69) is 72.8 Å². The summed E-state index contributed by atoms with van der Waals surface area (Å²) in [4.78, 5) is 13.0. The van der Waals surface area contributed by atoms with E-state index in [9.17, 15) is 4.79 Å². The van der Waals surface area contributed by atoms with Crippen LogP contribution in [0.3, 0.4) is 0 Å². The van der Waals surface area contributed by atoms with Gasteiger partial charge in [-0.05, 0) is 39.3 Å². The molecule has 0 bridgehead atoms. The van der Waals surface area contributed by atoms with Crippen LogP contribution >= 0.6 is 0 Å². The molecule has 1 N–H and O–H groups in total. The highest BCUT2D eigenvalue weighted by molar-refractivity contribution is 6.00. The minimum absolute atomic E-state index is 0.0510. The third-order valence-corrected chi connectivity index (χ3v) is 5.11. The highest BCUT2D eigenvalue weighted by atomic mass is 16.1. The Morgan fingerprint density at radius 2 is 1.92 bits per heavy atom.